The second-order valence-electron chi connectivity index (χ2n) is 9.14. The molecule has 0 saturated carbocycles. The smallest absolute Gasteiger partial charge is 0.265 e. The van der Waals surface area contributed by atoms with Gasteiger partial charge in [0.05, 0.1) is 22.2 Å². The Morgan fingerprint density at radius 1 is 1.03 bits per heavy atom. The molecule has 2 aliphatic rings. The zero-order chi connectivity index (χ0) is 22.1. The van der Waals surface area contributed by atoms with Crippen molar-refractivity contribution in [1.82, 2.24) is 19.4 Å². The second kappa shape index (κ2) is 8.87. The molecule has 166 valence electrons. The molecule has 2 fully saturated rings. The van der Waals surface area contributed by atoms with E-state index in [0.717, 1.165) is 6.54 Å². The van der Waals surface area contributed by atoms with E-state index in [0.29, 0.717) is 34.1 Å². The normalized spacial score (nSPS) is 21.3. The minimum atomic E-state index is -0.163. The van der Waals surface area contributed by atoms with E-state index in [1.54, 1.807) is 6.07 Å². The van der Waals surface area contributed by atoms with Crippen LogP contribution < -0.4 is 5.56 Å². The van der Waals surface area contributed by atoms with Crippen molar-refractivity contribution >= 4 is 16.8 Å². The summed E-state index contributed by atoms with van der Waals surface area (Å²) < 4.78 is 1.49. The predicted molar refractivity (Wildman–Crippen MR) is 126 cm³/mol. The Balaban J connectivity index is 1.43. The lowest BCUT2D eigenvalue weighted by Gasteiger charge is -2.45. The number of para-hydroxylation sites is 2. The lowest BCUT2D eigenvalue weighted by atomic mass is 9.83. The monoisotopic (exact) mass is 430 g/mol. The molecule has 32 heavy (non-hydrogen) atoms. The van der Waals surface area contributed by atoms with Crippen LogP contribution in [0.15, 0.2) is 59.7 Å². The SMILES string of the molecule is CN(C[C@@H]1CCCN2CCCC[C@@H]12)C(=O)c1ccccc1-n1cnc2ccccc2c1=O. The molecule has 2 atom stereocenters. The quantitative estimate of drug-likeness (QED) is 0.633. The zero-order valence-corrected chi connectivity index (χ0v) is 18.6. The first-order valence-corrected chi connectivity index (χ1v) is 11.7. The highest BCUT2D eigenvalue weighted by molar-refractivity contribution is 5.97. The fourth-order valence-electron chi connectivity index (χ4n) is 5.54. The molecule has 5 rings (SSSR count). The molecular weight excluding hydrogens is 400 g/mol. The molecule has 0 bridgehead atoms. The van der Waals surface area contributed by atoms with Crippen LogP contribution in [-0.2, 0) is 0 Å². The number of aromatic nitrogens is 2. The van der Waals surface area contributed by atoms with Crippen molar-refractivity contribution in [2.75, 3.05) is 26.7 Å². The molecule has 2 aromatic carbocycles. The van der Waals surface area contributed by atoms with Crippen LogP contribution in [0, 0.1) is 5.92 Å². The highest BCUT2D eigenvalue weighted by Gasteiger charge is 2.34. The van der Waals surface area contributed by atoms with Crippen LogP contribution in [-0.4, -0.2) is 58.0 Å². The Morgan fingerprint density at radius 3 is 2.72 bits per heavy atom. The molecular formula is C26H30N4O2. The van der Waals surface area contributed by atoms with Gasteiger partial charge in [-0.3, -0.25) is 14.2 Å². The fraction of sp³-hybridized carbons (Fsp3) is 0.423. The van der Waals surface area contributed by atoms with Gasteiger partial charge < -0.3 is 9.80 Å². The summed E-state index contributed by atoms with van der Waals surface area (Å²) >= 11 is 0. The zero-order valence-electron chi connectivity index (χ0n) is 18.6. The number of carbonyl (C=O) groups is 1. The molecule has 0 N–H and O–H groups in total. The third-order valence-corrected chi connectivity index (χ3v) is 7.14. The molecule has 6 nitrogen and oxygen atoms in total. The van der Waals surface area contributed by atoms with Crippen molar-refractivity contribution in [2.45, 2.75) is 38.1 Å². The van der Waals surface area contributed by atoms with Crippen molar-refractivity contribution in [1.29, 1.82) is 0 Å². The fourth-order valence-corrected chi connectivity index (χ4v) is 5.54. The molecule has 6 heteroatoms. The summed E-state index contributed by atoms with van der Waals surface area (Å²) in [5, 5.41) is 0.546. The minimum Gasteiger partial charge on any atom is -0.341 e. The molecule has 0 unspecified atom stereocenters. The van der Waals surface area contributed by atoms with Crippen molar-refractivity contribution in [3.63, 3.8) is 0 Å². The van der Waals surface area contributed by atoms with Gasteiger partial charge in [-0.2, -0.15) is 0 Å². The van der Waals surface area contributed by atoms with E-state index in [-0.39, 0.29) is 11.5 Å². The minimum absolute atomic E-state index is 0.0476. The largest absolute Gasteiger partial charge is 0.341 e. The summed E-state index contributed by atoms with van der Waals surface area (Å²) in [4.78, 5) is 35.6. The third kappa shape index (κ3) is 3.84. The van der Waals surface area contributed by atoms with Gasteiger partial charge in [-0.15, -0.1) is 0 Å². The summed E-state index contributed by atoms with van der Waals surface area (Å²) in [7, 11) is 1.89. The van der Waals surface area contributed by atoms with Crippen molar-refractivity contribution in [3.05, 3.63) is 70.8 Å². The highest BCUT2D eigenvalue weighted by Crippen LogP contribution is 2.31. The number of nitrogens with zero attached hydrogens (tertiary/aromatic N) is 4. The number of hydrogen-bond acceptors (Lipinski definition) is 4. The van der Waals surface area contributed by atoms with E-state index in [9.17, 15) is 9.59 Å². The Labute approximate surface area is 188 Å². The maximum Gasteiger partial charge on any atom is 0.265 e. The predicted octanol–water partition coefficient (Wildman–Crippen LogP) is 3.72. The van der Waals surface area contributed by atoms with E-state index < -0.39 is 0 Å². The topological polar surface area (TPSA) is 58.4 Å². The van der Waals surface area contributed by atoms with E-state index in [1.807, 2.05) is 54.4 Å². The van der Waals surface area contributed by atoms with Crippen LogP contribution in [0.4, 0.5) is 0 Å². The lowest BCUT2D eigenvalue weighted by molar-refractivity contribution is 0.0403. The van der Waals surface area contributed by atoms with E-state index in [4.69, 9.17) is 0 Å². The maximum atomic E-state index is 13.5. The van der Waals surface area contributed by atoms with Gasteiger partial charge in [0.2, 0.25) is 0 Å². The number of fused-ring (bicyclic) bond motifs is 2. The number of hydrogen-bond donors (Lipinski definition) is 0. The maximum absolute atomic E-state index is 13.5. The third-order valence-electron chi connectivity index (χ3n) is 7.14. The Hall–Kier alpha value is -2.99. The summed E-state index contributed by atoms with van der Waals surface area (Å²) in [6.07, 6.45) is 7.72. The summed E-state index contributed by atoms with van der Waals surface area (Å²) in [5.74, 6) is 0.462. The van der Waals surface area contributed by atoms with Gasteiger partial charge in [0, 0.05) is 19.6 Å². The second-order valence-corrected chi connectivity index (χ2v) is 9.14. The van der Waals surface area contributed by atoms with Gasteiger partial charge in [0.15, 0.2) is 0 Å². The number of carbonyl (C=O) groups excluding carboxylic acids is 1. The first kappa shape index (κ1) is 20.9. The number of benzene rings is 2. The molecule has 0 spiro atoms. The summed E-state index contributed by atoms with van der Waals surface area (Å²) in [6, 6.07) is 15.2. The summed E-state index contributed by atoms with van der Waals surface area (Å²) in [5.41, 5.74) is 1.61. The first-order chi connectivity index (χ1) is 15.6. The van der Waals surface area contributed by atoms with E-state index in [1.165, 1.54) is 56.1 Å². The molecule has 1 aromatic heterocycles. The van der Waals surface area contributed by atoms with Crippen LogP contribution in [0.25, 0.3) is 16.6 Å². The van der Waals surface area contributed by atoms with Gasteiger partial charge in [-0.1, -0.05) is 30.7 Å². The number of piperidine rings is 2. The van der Waals surface area contributed by atoms with Crippen LogP contribution in [0.3, 0.4) is 0 Å². The highest BCUT2D eigenvalue weighted by atomic mass is 16.2. The van der Waals surface area contributed by atoms with Crippen molar-refractivity contribution in [3.8, 4) is 5.69 Å². The Bertz CT molecular complexity index is 1190. The Kier molecular flexibility index (Phi) is 5.79. The van der Waals surface area contributed by atoms with Gasteiger partial charge >= 0.3 is 0 Å². The average Bonchev–Trinajstić information content (AvgIpc) is 2.84. The van der Waals surface area contributed by atoms with Crippen LogP contribution >= 0.6 is 0 Å². The average molecular weight is 431 g/mol. The Morgan fingerprint density at radius 2 is 1.81 bits per heavy atom. The van der Waals surface area contributed by atoms with Crippen molar-refractivity contribution in [2.24, 2.45) is 5.92 Å². The molecule has 0 radical (unpaired) electrons. The van der Waals surface area contributed by atoms with E-state index in [2.05, 4.69) is 9.88 Å². The standard InChI is InChI=1S/C26H30N4O2/c1-28(17-19-9-8-16-29-15-7-6-13-23(19)29)25(31)21-11-3-5-14-24(21)30-18-27-22-12-4-2-10-20(22)26(30)32/h2-5,10-12,14,18-19,23H,6-9,13,15-17H2,1H3/t19-,23-/m0/s1. The van der Waals surface area contributed by atoms with Gasteiger partial charge in [-0.05, 0) is 69.0 Å². The molecule has 1 amide bonds. The number of amides is 1. The van der Waals surface area contributed by atoms with Gasteiger partial charge in [0.25, 0.3) is 11.5 Å². The molecule has 2 saturated heterocycles. The number of rotatable bonds is 4. The summed E-state index contributed by atoms with van der Waals surface area (Å²) in [6.45, 7) is 3.14. The van der Waals surface area contributed by atoms with Gasteiger partial charge in [0.1, 0.15) is 6.33 Å². The molecule has 2 aliphatic heterocycles. The molecule has 3 aromatic rings. The molecule has 0 aliphatic carbocycles. The van der Waals surface area contributed by atoms with Crippen LogP contribution in [0.5, 0.6) is 0 Å². The van der Waals surface area contributed by atoms with Crippen molar-refractivity contribution < 1.29 is 4.79 Å². The van der Waals surface area contributed by atoms with Gasteiger partial charge in [-0.25, -0.2) is 4.98 Å². The molecule has 3 heterocycles. The first-order valence-electron chi connectivity index (χ1n) is 11.7. The van der Waals surface area contributed by atoms with E-state index >= 15 is 0 Å². The van der Waals surface area contributed by atoms with Crippen LogP contribution in [0.2, 0.25) is 0 Å². The van der Waals surface area contributed by atoms with Crippen LogP contribution in [0.1, 0.15) is 42.5 Å². The lowest BCUT2D eigenvalue weighted by Crippen LogP contribution is -2.51.